The highest BCUT2D eigenvalue weighted by Crippen LogP contribution is 2.23. The van der Waals surface area contributed by atoms with Crippen molar-refractivity contribution in [3.8, 4) is 11.6 Å². The van der Waals surface area contributed by atoms with E-state index in [-0.39, 0.29) is 6.29 Å². The Kier molecular flexibility index (Phi) is 7.09. The number of ether oxygens (including phenoxy) is 4. The Balaban J connectivity index is 1.45. The highest BCUT2D eigenvalue weighted by Gasteiger charge is 2.13. The molecule has 1 aliphatic rings. The predicted octanol–water partition coefficient (Wildman–Crippen LogP) is 4.35. The average Bonchev–Trinajstić information content (AvgIpc) is 2.65. The molecule has 0 aliphatic carbocycles. The van der Waals surface area contributed by atoms with Crippen molar-refractivity contribution in [3.63, 3.8) is 0 Å². The number of pyridine rings is 1. The summed E-state index contributed by atoms with van der Waals surface area (Å²) < 4.78 is 23.3. The summed E-state index contributed by atoms with van der Waals surface area (Å²) in [6.45, 7) is 2.17. The Morgan fingerprint density at radius 2 is 1.96 bits per heavy atom. The second-order valence-corrected chi connectivity index (χ2v) is 6.57. The van der Waals surface area contributed by atoms with E-state index in [0.29, 0.717) is 36.1 Å². The molecule has 1 fully saturated rings. The highest BCUT2D eigenvalue weighted by atomic mass is 79.9. The van der Waals surface area contributed by atoms with Crippen LogP contribution in [0.25, 0.3) is 0 Å². The fourth-order valence-corrected chi connectivity index (χ4v) is 2.92. The standard InChI is InChI=1S/C19H22BrNO4/c20-17-12-16(25-14-15-6-2-1-3-7-15)13-18(21-17)22-10-11-24-19-8-4-5-9-23-19/h1-3,6-7,12-13,19H,4-5,8-11,14H2. The third-order valence-electron chi connectivity index (χ3n) is 3.77. The summed E-state index contributed by atoms with van der Waals surface area (Å²) in [5, 5.41) is 0. The van der Waals surface area contributed by atoms with Crippen LogP contribution >= 0.6 is 15.9 Å². The van der Waals surface area contributed by atoms with Crippen LogP contribution in [0, 0.1) is 0 Å². The van der Waals surface area contributed by atoms with Gasteiger partial charge >= 0.3 is 0 Å². The molecule has 2 aromatic rings. The number of benzene rings is 1. The van der Waals surface area contributed by atoms with Gasteiger partial charge in [0.1, 0.15) is 23.6 Å². The summed E-state index contributed by atoms with van der Waals surface area (Å²) in [5.74, 6) is 1.21. The Morgan fingerprint density at radius 3 is 2.76 bits per heavy atom. The minimum absolute atomic E-state index is 0.0995. The molecular formula is C19H22BrNO4. The van der Waals surface area contributed by atoms with Crippen molar-refractivity contribution in [2.75, 3.05) is 19.8 Å². The summed E-state index contributed by atoms with van der Waals surface area (Å²) >= 11 is 3.39. The van der Waals surface area contributed by atoms with Crippen molar-refractivity contribution in [3.05, 3.63) is 52.6 Å². The molecule has 25 heavy (non-hydrogen) atoms. The maximum absolute atomic E-state index is 5.81. The SMILES string of the molecule is Brc1cc(OCc2ccccc2)cc(OCCOC2CCCCO2)n1. The number of rotatable bonds is 8. The molecule has 1 saturated heterocycles. The normalized spacial score (nSPS) is 17.2. The lowest BCUT2D eigenvalue weighted by molar-refractivity contribution is -0.165. The van der Waals surface area contributed by atoms with E-state index in [4.69, 9.17) is 18.9 Å². The van der Waals surface area contributed by atoms with Crippen molar-refractivity contribution >= 4 is 15.9 Å². The first kappa shape index (κ1) is 18.2. The smallest absolute Gasteiger partial charge is 0.218 e. The van der Waals surface area contributed by atoms with Crippen molar-refractivity contribution in [2.45, 2.75) is 32.2 Å². The molecule has 5 nitrogen and oxygen atoms in total. The average molecular weight is 408 g/mol. The third-order valence-corrected chi connectivity index (χ3v) is 4.17. The van der Waals surface area contributed by atoms with Gasteiger partial charge in [-0.3, -0.25) is 0 Å². The van der Waals surface area contributed by atoms with E-state index in [0.717, 1.165) is 31.4 Å². The van der Waals surface area contributed by atoms with Gasteiger partial charge in [-0.25, -0.2) is 4.98 Å². The van der Waals surface area contributed by atoms with Gasteiger partial charge in [0, 0.05) is 18.7 Å². The highest BCUT2D eigenvalue weighted by molar-refractivity contribution is 9.10. The van der Waals surface area contributed by atoms with Crippen molar-refractivity contribution in [2.24, 2.45) is 0 Å². The first-order valence-electron chi connectivity index (χ1n) is 8.50. The topological polar surface area (TPSA) is 49.8 Å². The minimum atomic E-state index is -0.0995. The van der Waals surface area contributed by atoms with Gasteiger partial charge < -0.3 is 18.9 Å². The van der Waals surface area contributed by atoms with E-state index in [2.05, 4.69) is 20.9 Å². The summed E-state index contributed by atoms with van der Waals surface area (Å²) in [6.07, 6.45) is 3.12. The number of aromatic nitrogens is 1. The maximum atomic E-state index is 5.81. The molecule has 0 saturated carbocycles. The van der Waals surface area contributed by atoms with Gasteiger partial charge in [-0.1, -0.05) is 30.3 Å². The van der Waals surface area contributed by atoms with Crippen LogP contribution in [0.1, 0.15) is 24.8 Å². The van der Waals surface area contributed by atoms with E-state index >= 15 is 0 Å². The molecule has 134 valence electrons. The van der Waals surface area contributed by atoms with E-state index in [1.165, 1.54) is 0 Å². The number of hydrogen-bond donors (Lipinski definition) is 0. The van der Waals surface area contributed by atoms with Crippen LogP contribution in [0.3, 0.4) is 0 Å². The first-order valence-corrected chi connectivity index (χ1v) is 9.29. The van der Waals surface area contributed by atoms with Gasteiger partial charge in [0.15, 0.2) is 6.29 Å². The first-order chi connectivity index (χ1) is 12.3. The molecule has 1 aromatic heterocycles. The second kappa shape index (κ2) is 9.75. The lowest BCUT2D eigenvalue weighted by Gasteiger charge is -2.22. The summed E-state index contributed by atoms with van der Waals surface area (Å²) in [6, 6.07) is 13.6. The second-order valence-electron chi connectivity index (χ2n) is 5.75. The minimum Gasteiger partial charge on any atom is -0.489 e. The zero-order valence-electron chi connectivity index (χ0n) is 14.0. The Bertz CT molecular complexity index is 647. The van der Waals surface area contributed by atoms with Gasteiger partial charge in [-0.05, 0) is 40.8 Å². The molecule has 1 unspecified atom stereocenters. The maximum Gasteiger partial charge on any atom is 0.218 e. The van der Waals surface area contributed by atoms with Crippen LogP contribution in [0.5, 0.6) is 11.6 Å². The van der Waals surface area contributed by atoms with Crippen LogP contribution in [0.2, 0.25) is 0 Å². The predicted molar refractivity (Wildman–Crippen MR) is 97.7 cm³/mol. The van der Waals surface area contributed by atoms with Crippen molar-refractivity contribution in [1.29, 1.82) is 0 Å². The lowest BCUT2D eigenvalue weighted by atomic mass is 10.2. The van der Waals surface area contributed by atoms with Crippen LogP contribution < -0.4 is 9.47 Å². The number of nitrogens with zero attached hydrogens (tertiary/aromatic N) is 1. The molecule has 1 atom stereocenters. The molecule has 6 heteroatoms. The van der Waals surface area contributed by atoms with Crippen LogP contribution in [-0.4, -0.2) is 31.1 Å². The molecule has 0 bridgehead atoms. The fourth-order valence-electron chi connectivity index (χ4n) is 2.52. The molecule has 0 spiro atoms. The molecule has 0 radical (unpaired) electrons. The Hall–Kier alpha value is -1.63. The number of halogens is 1. The third kappa shape index (κ3) is 6.30. The Labute approximate surface area is 156 Å². The molecular weight excluding hydrogens is 386 g/mol. The van der Waals surface area contributed by atoms with Gasteiger partial charge in [0.2, 0.25) is 5.88 Å². The van der Waals surface area contributed by atoms with Gasteiger partial charge in [-0.2, -0.15) is 0 Å². The van der Waals surface area contributed by atoms with Crippen LogP contribution in [0.4, 0.5) is 0 Å². The Morgan fingerprint density at radius 1 is 1.08 bits per heavy atom. The molecule has 3 rings (SSSR count). The summed E-state index contributed by atoms with van der Waals surface area (Å²) in [4.78, 5) is 4.30. The van der Waals surface area contributed by atoms with Crippen molar-refractivity contribution < 1.29 is 18.9 Å². The zero-order chi connectivity index (χ0) is 17.3. The molecule has 0 amide bonds. The molecule has 0 N–H and O–H groups in total. The molecule has 1 aliphatic heterocycles. The zero-order valence-corrected chi connectivity index (χ0v) is 15.6. The van der Waals surface area contributed by atoms with E-state index in [1.54, 1.807) is 6.07 Å². The fraction of sp³-hybridized carbons (Fsp3) is 0.421. The quantitative estimate of drug-likeness (QED) is 0.480. The van der Waals surface area contributed by atoms with Crippen LogP contribution in [0.15, 0.2) is 47.1 Å². The van der Waals surface area contributed by atoms with Gasteiger partial charge in [-0.15, -0.1) is 0 Å². The van der Waals surface area contributed by atoms with E-state index in [9.17, 15) is 0 Å². The summed E-state index contributed by atoms with van der Waals surface area (Å²) in [5.41, 5.74) is 1.11. The lowest BCUT2D eigenvalue weighted by Crippen LogP contribution is -2.24. The van der Waals surface area contributed by atoms with E-state index < -0.39 is 0 Å². The van der Waals surface area contributed by atoms with Gasteiger partial charge in [0.25, 0.3) is 0 Å². The number of hydrogen-bond acceptors (Lipinski definition) is 5. The molecule has 1 aromatic carbocycles. The largest absolute Gasteiger partial charge is 0.489 e. The summed E-state index contributed by atoms with van der Waals surface area (Å²) in [7, 11) is 0. The monoisotopic (exact) mass is 407 g/mol. The van der Waals surface area contributed by atoms with Crippen LogP contribution in [-0.2, 0) is 16.1 Å². The van der Waals surface area contributed by atoms with E-state index in [1.807, 2.05) is 36.4 Å². The van der Waals surface area contributed by atoms with Gasteiger partial charge in [0.05, 0.1) is 6.61 Å². The van der Waals surface area contributed by atoms with Crippen molar-refractivity contribution in [1.82, 2.24) is 4.98 Å². The molecule has 2 heterocycles.